The fraction of sp³-hybridized carbons (Fsp3) is 0.0488. The van der Waals surface area contributed by atoms with Gasteiger partial charge in [0, 0.05) is 22.4 Å². The van der Waals surface area contributed by atoms with Crippen molar-refractivity contribution in [3.63, 3.8) is 0 Å². The summed E-state index contributed by atoms with van der Waals surface area (Å²) < 4.78 is 4.51. The van der Waals surface area contributed by atoms with E-state index in [1.807, 2.05) is 36.5 Å². The van der Waals surface area contributed by atoms with Crippen molar-refractivity contribution in [1.82, 2.24) is 19.1 Å². The van der Waals surface area contributed by atoms with Gasteiger partial charge in [0.25, 0.3) is 0 Å². The van der Waals surface area contributed by atoms with E-state index in [0.29, 0.717) is 5.56 Å². The van der Waals surface area contributed by atoms with Crippen LogP contribution in [0, 0.1) is 11.3 Å². The van der Waals surface area contributed by atoms with Crippen LogP contribution in [-0.4, -0.2) is 19.1 Å². The molecule has 0 saturated heterocycles. The number of pyridine rings is 2. The second kappa shape index (κ2) is 10.4. The first-order valence-electron chi connectivity index (χ1n) is 15.5. The lowest BCUT2D eigenvalue weighted by molar-refractivity contribution is 0.940. The summed E-state index contributed by atoms with van der Waals surface area (Å²) in [5.74, 6) is 1.66. The molecule has 0 N–H and O–H groups in total. The number of rotatable bonds is 4. The molecule has 0 spiro atoms. The number of aryl methyl sites for hydroxylation is 1. The highest BCUT2D eigenvalue weighted by molar-refractivity contribution is 6.07. The van der Waals surface area contributed by atoms with E-state index in [9.17, 15) is 5.26 Å². The Morgan fingerprint density at radius 1 is 0.630 bits per heavy atom. The maximum atomic E-state index is 9.41. The van der Waals surface area contributed by atoms with Crippen LogP contribution in [0.4, 0.5) is 0 Å². The lowest BCUT2D eigenvalue weighted by Gasteiger charge is -2.17. The zero-order valence-corrected chi connectivity index (χ0v) is 24.9. The number of nitrogens with zero attached hydrogens (tertiary/aromatic N) is 5. The minimum absolute atomic E-state index is 0.644. The zero-order chi connectivity index (χ0) is 30.6. The van der Waals surface area contributed by atoms with Gasteiger partial charge in [-0.2, -0.15) is 5.26 Å². The number of allylic oxidation sites excluding steroid dienone is 1. The van der Waals surface area contributed by atoms with E-state index in [1.54, 1.807) is 0 Å². The van der Waals surface area contributed by atoms with Gasteiger partial charge in [0.05, 0.1) is 28.4 Å². The molecule has 0 saturated carbocycles. The van der Waals surface area contributed by atoms with E-state index in [2.05, 4.69) is 118 Å². The molecule has 1 aliphatic rings. The third kappa shape index (κ3) is 4.01. The predicted octanol–water partition coefficient (Wildman–Crippen LogP) is 9.68. The minimum atomic E-state index is 0.644. The number of aromatic nitrogens is 4. The third-order valence-electron chi connectivity index (χ3n) is 9.11. The molecule has 4 heterocycles. The van der Waals surface area contributed by atoms with Crippen molar-refractivity contribution in [3.05, 3.63) is 150 Å². The van der Waals surface area contributed by atoms with Gasteiger partial charge in [-0.05, 0) is 95.3 Å². The summed E-state index contributed by atoms with van der Waals surface area (Å²) in [6, 6.07) is 44.1. The second-order valence-corrected chi connectivity index (χ2v) is 11.7. The zero-order valence-electron chi connectivity index (χ0n) is 24.9. The molecule has 1 aliphatic carbocycles. The number of para-hydroxylation sites is 2. The Balaban J connectivity index is 1.37. The van der Waals surface area contributed by atoms with Gasteiger partial charge in [0.1, 0.15) is 17.3 Å². The highest BCUT2D eigenvalue weighted by Crippen LogP contribution is 2.39. The number of hydrogen-bond acceptors (Lipinski definition) is 3. The van der Waals surface area contributed by atoms with Crippen LogP contribution in [0.5, 0.6) is 0 Å². The van der Waals surface area contributed by atoms with Crippen molar-refractivity contribution in [1.29, 1.82) is 5.26 Å². The Bertz CT molecular complexity index is 2490. The minimum Gasteiger partial charge on any atom is -0.294 e. The quantitative estimate of drug-likeness (QED) is 0.205. The van der Waals surface area contributed by atoms with Gasteiger partial charge in [-0.25, -0.2) is 9.97 Å². The highest BCUT2D eigenvalue weighted by atomic mass is 15.2. The summed E-state index contributed by atoms with van der Waals surface area (Å²) >= 11 is 0. The van der Waals surface area contributed by atoms with E-state index in [0.717, 1.165) is 74.2 Å². The van der Waals surface area contributed by atoms with Crippen molar-refractivity contribution in [2.75, 3.05) is 0 Å². The van der Waals surface area contributed by atoms with Crippen LogP contribution in [0.3, 0.4) is 0 Å². The summed E-state index contributed by atoms with van der Waals surface area (Å²) in [6.45, 7) is 0. The largest absolute Gasteiger partial charge is 0.294 e. The highest BCUT2D eigenvalue weighted by Gasteiger charge is 2.22. The van der Waals surface area contributed by atoms with Gasteiger partial charge in [0.15, 0.2) is 0 Å². The summed E-state index contributed by atoms with van der Waals surface area (Å²) in [6.07, 6.45) is 8.40. The molecule has 4 aromatic heterocycles. The van der Waals surface area contributed by atoms with E-state index < -0.39 is 0 Å². The standard InChI is InChI=1S/C41H27N5/c42-26-27-19-21-28(22-20-27)30-10-1-2-11-31(30)29-24-39(45-36-16-6-3-12-32(36)33-13-4-7-17-37(33)45)44-40(25-29)46-38-18-8-5-14-34(38)35-15-9-23-43-41(35)46/h1-3,5-12,14-25H,4,13H2. The summed E-state index contributed by atoms with van der Waals surface area (Å²) in [7, 11) is 0. The lowest BCUT2D eigenvalue weighted by atomic mass is 9.94. The topological polar surface area (TPSA) is 59.4 Å². The fourth-order valence-corrected chi connectivity index (χ4v) is 7.06. The first-order chi connectivity index (χ1) is 22.8. The van der Waals surface area contributed by atoms with Crippen molar-refractivity contribution in [2.45, 2.75) is 12.8 Å². The Morgan fingerprint density at radius 3 is 2.07 bits per heavy atom. The van der Waals surface area contributed by atoms with Gasteiger partial charge in [0.2, 0.25) is 0 Å². The molecule has 0 radical (unpaired) electrons. The van der Waals surface area contributed by atoms with Crippen molar-refractivity contribution in [3.8, 4) is 40.0 Å². The Kier molecular flexibility index (Phi) is 5.94. The Labute approximate surface area is 266 Å². The van der Waals surface area contributed by atoms with Gasteiger partial charge < -0.3 is 0 Å². The molecule has 8 aromatic rings. The number of nitriles is 1. The Morgan fingerprint density at radius 2 is 1.28 bits per heavy atom. The average molecular weight is 590 g/mol. The van der Waals surface area contributed by atoms with E-state index in [-0.39, 0.29) is 0 Å². The van der Waals surface area contributed by atoms with Gasteiger partial charge in [-0.1, -0.05) is 78.9 Å². The lowest BCUT2D eigenvalue weighted by Crippen LogP contribution is -2.07. The van der Waals surface area contributed by atoms with Crippen molar-refractivity contribution >= 4 is 38.9 Å². The van der Waals surface area contributed by atoms with Gasteiger partial charge >= 0.3 is 0 Å². The third-order valence-corrected chi connectivity index (χ3v) is 9.11. The van der Waals surface area contributed by atoms with E-state index >= 15 is 0 Å². The molecule has 0 bridgehead atoms. The smallest absolute Gasteiger partial charge is 0.146 e. The molecule has 0 unspecified atom stereocenters. The van der Waals surface area contributed by atoms with Crippen LogP contribution < -0.4 is 0 Å². The molecule has 0 aliphatic heterocycles. The molecule has 0 atom stereocenters. The normalized spacial score (nSPS) is 12.5. The molecule has 5 nitrogen and oxygen atoms in total. The summed E-state index contributed by atoms with van der Waals surface area (Å²) in [5, 5.41) is 12.9. The molecule has 0 amide bonds. The molecule has 5 heteroatoms. The number of hydrogen-bond donors (Lipinski definition) is 0. The molecular weight excluding hydrogens is 562 g/mol. The van der Waals surface area contributed by atoms with Crippen LogP contribution in [0.25, 0.3) is 72.8 Å². The molecular formula is C41H27N5. The Hall–Kier alpha value is -6.25. The SMILES string of the molecule is N#Cc1ccc(-c2ccccc2-c2cc(-n3c4c(c5ccccc53)CCC=C4)nc(-n3c4ccccc4c4cccnc43)c2)cc1. The second-order valence-electron chi connectivity index (χ2n) is 11.7. The van der Waals surface area contributed by atoms with Crippen molar-refractivity contribution in [2.24, 2.45) is 0 Å². The van der Waals surface area contributed by atoms with Crippen LogP contribution in [0.15, 0.2) is 134 Å². The first-order valence-corrected chi connectivity index (χ1v) is 15.5. The van der Waals surface area contributed by atoms with Crippen LogP contribution >= 0.6 is 0 Å². The van der Waals surface area contributed by atoms with Crippen LogP contribution in [0.1, 0.15) is 23.2 Å². The molecule has 0 fully saturated rings. The van der Waals surface area contributed by atoms with Crippen molar-refractivity contribution < 1.29 is 0 Å². The van der Waals surface area contributed by atoms with E-state index in [1.165, 1.54) is 16.6 Å². The predicted molar refractivity (Wildman–Crippen MR) is 186 cm³/mol. The molecule has 216 valence electrons. The molecule has 4 aromatic carbocycles. The maximum Gasteiger partial charge on any atom is 0.146 e. The fourth-order valence-electron chi connectivity index (χ4n) is 7.06. The number of benzene rings is 4. The van der Waals surface area contributed by atoms with Crippen LogP contribution in [0.2, 0.25) is 0 Å². The summed E-state index contributed by atoms with van der Waals surface area (Å²) in [4.78, 5) is 10.3. The maximum absolute atomic E-state index is 9.41. The molecule has 9 rings (SSSR count). The number of fused-ring (bicyclic) bond motifs is 6. The molecule has 46 heavy (non-hydrogen) atoms. The first kappa shape index (κ1) is 26.2. The monoisotopic (exact) mass is 589 g/mol. The average Bonchev–Trinajstić information content (AvgIpc) is 3.65. The van der Waals surface area contributed by atoms with E-state index in [4.69, 9.17) is 9.97 Å². The van der Waals surface area contributed by atoms with Crippen LogP contribution in [-0.2, 0) is 6.42 Å². The summed E-state index contributed by atoms with van der Waals surface area (Å²) in [5.41, 5.74) is 10.6. The van der Waals surface area contributed by atoms with Gasteiger partial charge in [-0.15, -0.1) is 0 Å². The van der Waals surface area contributed by atoms with Gasteiger partial charge in [-0.3, -0.25) is 9.13 Å².